The lowest BCUT2D eigenvalue weighted by Crippen LogP contribution is -2.53. The Balaban J connectivity index is 1.42. The summed E-state index contributed by atoms with van der Waals surface area (Å²) in [6.07, 6.45) is 9.50. The Morgan fingerprint density at radius 2 is 1.90 bits per heavy atom. The fourth-order valence-corrected chi connectivity index (χ4v) is 5.80. The van der Waals surface area contributed by atoms with Crippen LogP contribution in [-0.4, -0.2) is 38.6 Å². The van der Waals surface area contributed by atoms with Crippen LogP contribution in [0.25, 0.3) is 11.2 Å². The first kappa shape index (κ1) is 19.8. The largest absolute Gasteiger partial charge is 0.382 e. The second kappa shape index (κ2) is 8.17. The van der Waals surface area contributed by atoms with Crippen LogP contribution in [0, 0.1) is 5.92 Å². The summed E-state index contributed by atoms with van der Waals surface area (Å²) in [6.45, 7) is 0.780. The SMILES string of the molecule is NCC1CC2CCCC(C1)N2c1cnc2nc(Sc3ccnc(N)c3Cl)ccc2n1. The third-order valence-corrected chi connectivity index (χ3v) is 7.64. The monoisotopic (exact) mass is 441 g/mol. The quantitative estimate of drug-likeness (QED) is 0.627. The summed E-state index contributed by atoms with van der Waals surface area (Å²) >= 11 is 7.70. The molecule has 0 amide bonds. The van der Waals surface area contributed by atoms with Crippen LogP contribution in [0.1, 0.15) is 32.1 Å². The van der Waals surface area contributed by atoms with E-state index in [1.807, 2.05) is 24.4 Å². The zero-order chi connectivity index (χ0) is 20.7. The van der Waals surface area contributed by atoms with Crippen LogP contribution in [0.2, 0.25) is 5.02 Å². The number of nitrogens with two attached hydrogens (primary N) is 2. The van der Waals surface area contributed by atoms with Crippen LogP contribution in [0.3, 0.4) is 0 Å². The first-order chi connectivity index (χ1) is 14.6. The number of nitrogens with zero attached hydrogens (tertiary/aromatic N) is 5. The van der Waals surface area contributed by atoms with Gasteiger partial charge in [-0.25, -0.2) is 19.9 Å². The molecule has 156 valence electrons. The summed E-state index contributed by atoms with van der Waals surface area (Å²) in [5.41, 5.74) is 13.2. The smallest absolute Gasteiger partial charge is 0.179 e. The molecule has 2 aliphatic heterocycles. The zero-order valence-corrected chi connectivity index (χ0v) is 18.1. The number of hydrogen-bond donors (Lipinski definition) is 2. The molecule has 7 nitrogen and oxygen atoms in total. The Bertz CT molecular complexity index is 1060. The van der Waals surface area contributed by atoms with Gasteiger partial charge in [0.05, 0.1) is 11.2 Å². The first-order valence-electron chi connectivity index (χ1n) is 10.3. The van der Waals surface area contributed by atoms with E-state index in [0.29, 0.717) is 34.5 Å². The Morgan fingerprint density at radius 1 is 1.10 bits per heavy atom. The topological polar surface area (TPSA) is 107 Å². The van der Waals surface area contributed by atoms with Gasteiger partial charge in [-0.1, -0.05) is 23.4 Å². The van der Waals surface area contributed by atoms with Crippen molar-refractivity contribution >= 4 is 46.2 Å². The third-order valence-electron chi connectivity index (χ3n) is 6.13. The molecule has 5 rings (SSSR count). The van der Waals surface area contributed by atoms with Crippen LogP contribution in [0.4, 0.5) is 11.6 Å². The highest BCUT2D eigenvalue weighted by atomic mass is 35.5. The molecular formula is C21H24ClN7S. The Morgan fingerprint density at radius 3 is 2.67 bits per heavy atom. The average molecular weight is 442 g/mol. The van der Waals surface area contributed by atoms with Crippen LogP contribution in [0.15, 0.2) is 40.5 Å². The fraction of sp³-hybridized carbons (Fsp3) is 0.429. The van der Waals surface area contributed by atoms with Gasteiger partial charge in [0.15, 0.2) is 5.65 Å². The molecule has 9 heteroatoms. The molecule has 2 unspecified atom stereocenters. The maximum atomic E-state index is 6.26. The molecule has 4 N–H and O–H groups in total. The summed E-state index contributed by atoms with van der Waals surface area (Å²) in [4.78, 5) is 21.5. The zero-order valence-electron chi connectivity index (χ0n) is 16.5. The Kier molecular flexibility index (Phi) is 5.39. The van der Waals surface area contributed by atoms with E-state index < -0.39 is 0 Å². The maximum Gasteiger partial charge on any atom is 0.179 e. The molecule has 0 saturated carbocycles. The Hall–Kier alpha value is -2.16. The van der Waals surface area contributed by atoms with Gasteiger partial charge in [-0.2, -0.15) is 0 Å². The van der Waals surface area contributed by atoms with Crippen molar-refractivity contribution in [2.75, 3.05) is 17.2 Å². The normalized spacial score (nSPS) is 23.7. The molecule has 2 aliphatic rings. The second-order valence-electron chi connectivity index (χ2n) is 8.05. The predicted octanol–water partition coefficient (Wildman–Crippen LogP) is 3.90. The van der Waals surface area contributed by atoms with E-state index in [9.17, 15) is 0 Å². The minimum atomic E-state index is 0.316. The number of fused-ring (bicyclic) bond motifs is 3. The number of nitrogen functional groups attached to an aromatic ring is 1. The number of rotatable bonds is 4. The summed E-state index contributed by atoms with van der Waals surface area (Å²) in [6, 6.07) is 6.77. The molecule has 2 atom stereocenters. The minimum absolute atomic E-state index is 0.316. The number of pyridine rings is 2. The van der Waals surface area contributed by atoms with Gasteiger partial charge in [-0.05, 0) is 62.8 Å². The molecule has 5 heterocycles. The van der Waals surface area contributed by atoms with Gasteiger partial charge >= 0.3 is 0 Å². The van der Waals surface area contributed by atoms with E-state index in [0.717, 1.165) is 40.6 Å². The summed E-state index contributed by atoms with van der Waals surface area (Å²) in [5, 5.41) is 1.23. The van der Waals surface area contributed by atoms with Crippen molar-refractivity contribution in [3.8, 4) is 0 Å². The van der Waals surface area contributed by atoms with E-state index >= 15 is 0 Å². The van der Waals surface area contributed by atoms with E-state index in [1.54, 1.807) is 6.20 Å². The van der Waals surface area contributed by atoms with Crippen molar-refractivity contribution in [3.63, 3.8) is 0 Å². The van der Waals surface area contributed by atoms with Crippen LogP contribution < -0.4 is 16.4 Å². The fourth-order valence-electron chi connectivity index (χ4n) is 4.75. The average Bonchev–Trinajstić information content (AvgIpc) is 2.75. The van der Waals surface area contributed by atoms with E-state index in [2.05, 4.69) is 19.9 Å². The number of piperidine rings is 2. The van der Waals surface area contributed by atoms with Gasteiger partial charge in [-0.15, -0.1) is 0 Å². The number of aromatic nitrogens is 4. The van der Waals surface area contributed by atoms with Gasteiger partial charge in [0, 0.05) is 23.2 Å². The first-order valence-corrected chi connectivity index (χ1v) is 11.5. The highest BCUT2D eigenvalue weighted by molar-refractivity contribution is 7.99. The third kappa shape index (κ3) is 3.68. The molecule has 3 aromatic heterocycles. The predicted molar refractivity (Wildman–Crippen MR) is 121 cm³/mol. The maximum absolute atomic E-state index is 6.26. The molecule has 0 aliphatic carbocycles. The van der Waals surface area contributed by atoms with Crippen molar-refractivity contribution in [1.29, 1.82) is 0 Å². The van der Waals surface area contributed by atoms with Crippen molar-refractivity contribution in [2.24, 2.45) is 11.7 Å². The highest BCUT2D eigenvalue weighted by Crippen LogP contribution is 2.39. The van der Waals surface area contributed by atoms with Crippen molar-refractivity contribution < 1.29 is 0 Å². The second-order valence-corrected chi connectivity index (χ2v) is 9.49. The van der Waals surface area contributed by atoms with Gasteiger partial charge in [0.25, 0.3) is 0 Å². The van der Waals surface area contributed by atoms with Crippen LogP contribution in [-0.2, 0) is 0 Å². The summed E-state index contributed by atoms with van der Waals surface area (Å²) < 4.78 is 0. The van der Waals surface area contributed by atoms with Crippen LogP contribution in [0.5, 0.6) is 0 Å². The molecule has 2 bridgehead atoms. The van der Waals surface area contributed by atoms with E-state index in [1.165, 1.54) is 31.0 Å². The number of halogens is 1. The minimum Gasteiger partial charge on any atom is -0.382 e. The number of anilines is 2. The highest BCUT2D eigenvalue weighted by Gasteiger charge is 2.38. The molecular weight excluding hydrogens is 418 g/mol. The van der Waals surface area contributed by atoms with Gasteiger partial charge < -0.3 is 16.4 Å². The van der Waals surface area contributed by atoms with Crippen LogP contribution >= 0.6 is 23.4 Å². The number of hydrogen-bond acceptors (Lipinski definition) is 8. The lowest BCUT2D eigenvalue weighted by Gasteiger charge is -2.49. The summed E-state index contributed by atoms with van der Waals surface area (Å²) in [5.74, 6) is 1.90. The molecule has 0 spiro atoms. The van der Waals surface area contributed by atoms with Crippen molar-refractivity contribution in [2.45, 2.75) is 54.1 Å². The van der Waals surface area contributed by atoms with Crippen molar-refractivity contribution in [1.82, 2.24) is 19.9 Å². The standard InChI is InChI=1S/C21H24ClN7S/c22-19-16(6-7-25-20(19)24)30-18-5-4-15-21(28-18)26-11-17(27-15)29-13-2-1-3-14(29)9-12(8-13)10-23/h4-7,11-14H,1-3,8-10,23H2,(H2,24,25). The molecule has 0 radical (unpaired) electrons. The lowest BCUT2D eigenvalue weighted by atomic mass is 9.78. The van der Waals surface area contributed by atoms with Gasteiger partial charge in [0.1, 0.15) is 22.2 Å². The Labute approximate surface area is 184 Å². The van der Waals surface area contributed by atoms with Gasteiger partial charge in [-0.3, -0.25) is 0 Å². The lowest BCUT2D eigenvalue weighted by molar-refractivity contribution is 0.231. The molecule has 3 aromatic rings. The summed E-state index contributed by atoms with van der Waals surface area (Å²) in [7, 11) is 0. The van der Waals surface area contributed by atoms with Gasteiger partial charge in [0.2, 0.25) is 0 Å². The molecule has 2 fully saturated rings. The van der Waals surface area contributed by atoms with E-state index in [4.69, 9.17) is 28.1 Å². The molecule has 2 saturated heterocycles. The van der Waals surface area contributed by atoms with Crippen molar-refractivity contribution in [3.05, 3.63) is 35.6 Å². The molecule has 0 aromatic carbocycles. The van der Waals surface area contributed by atoms with E-state index in [-0.39, 0.29) is 0 Å². The molecule has 30 heavy (non-hydrogen) atoms.